The summed E-state index contributed by atoms with van der Waals surface area (Å²) >= 11 is 0. The number of rotatable bonds is 4. The molecule has 1 heterocycles. The standard InChI is InChI=1S/C15H21NO5/c1-10(17)6-7-11-8-12(13(18)20-5)16(9-11)14(19)21-15(2,3)4/h6-9,13,18H,1-5H3/b7-6+. The summed E-state index contributed by atoms with van der Waals surface area (Å²) in [7, 11) is 1.32. The summed E-state index contributed by atoms with van der Waals surface area (Å²) < 4.78 is 11.3. The predicted octanol–water partition coefficient (Wildman–Crippen LogP) is 2.51. The van der Waals surface area contributed by atoms with Crippen LogP contribution in [-0.4, -0.2) is 34.3 Å². The molecule has 1 aromatic heterocycles. The minimum atomic E-state index is -1.27. The van der Waals surface area contributed by atoms with E-state index in [0.717, 1.165) is 0 Å². The average Bonchev–Trinajstić information content (AvgIpc) is 2.77. The minimum absolute atomic E-state index is 0.117. The van der Waals surface area contributed by atoms with Crippen LogP contribution in [0.25, 0.3) is 6.08 Å². The lowest BCUT2D eigenvalue weighted by Crippen LogP contribution is -2.28. The van der Waals surface area contributed by atoms with E-state index in [2.05, 4.69) is 0 Å². The van der Waals surface area contributed by atoms with E-state index in [9.17, 15) is 14.7 Å². The lowest BCUT2D eigenvalue weighted by molar-refractivity contribution is -0.112. The quantitative estimate of drug-likeness (QED) is 0.682. The molecule has 0 fully saturated rings. The molecular formula is C15H21NO5. The summed E-state index contributed by atoms with van der Waals surface area (Å²) in [4.78, 5) is 23.1. The fourth-order valence-corrected chi connectivity index (χ4v) is 1.59. The van der Waals surface area contributed by atoms with Crippen LogP contribution < -0.4 is 0 Å². The van der Waals surface area contributed by atoms with E-state index >= 15 is 0 Å². The van der Waals surface area contributed by atoms with Gasteiger partial charge in [-0.1, -0.05) is 0 Å². The third-order valence-corrected chi connectivity index (χ3v) is 2.45. The average molecular weight is 295 g/mol. The number of carbonyl (C=O) groups excluding carboxylic acids is 2. The molecule has 0 amide bonds. The predicted molar refractivity (Wildman–Crippen MR) is 77.7 cm³/mol. The molecule has 0 aromatic carbocycles. The molecule has 1 N–H and O–H groups in total. The van der Waals surface area contributed by atoms with Gasteiger partial charge in [0.25, 0.3) is 0 Å². The van der Waals surface area contributed by atoms with Gasteiger partial charge < -0.3 is 14.6 Å². The van der Waals surface area contributed by atoms with Crippen molar-refractivity contribution in [2.24, 2.45) is 0 Å². The van der Waals surface area contributed by atoms with Crippen molar-refractivity contribution < 1.29 is 24.2 Å². The molecule has 0 saturated heterocycles. The number of aliphatic hydroxyl groups excluding tert-OH is 1. The summed E-state index contributed by atoms with van der Waals surface area (Å²) in [6, 6.07) is 1.55. The number of hydrogen-bond acceptors (Lipinski definition) is 5. The maximum atomic E-state index is 12.1. The molecule has 1 atom stereocenters. The van der Waals surface area contributed by atoms with E-state index in [1.165, 1.54) is 30.9 Å². The highest BCUT2D eigenvalue weighted by atomic mass is 16.6. The largest absolute Gasteiger partial charge is 0.443 e. The van der Waals surface area contributed by atoms with Crippen molar-refractivity contribution in [1.29, 1.82) is 0 Å². The summed E-state index contributed by atoms with van der Waals surface area (Å²) in [5.41, 5.74) is 0.156. The Bertz CT molecular complexity index is 551. The van der Waals surface area contributed by atoms with Crippen molar-refractivity contribution in [2.75, 3.05) is 7.11 Å². The molecular weight excluding hydrogens is 274 g/mol. The molecule has 0 aliphatic rings. The van der Waals surface area contributed by atoms with Gasteiger partial charge in [-0.25, -0.2) is 4.79 Å². The molecule has 116 valence electrons. The van der Waals surface area contributed by atoms with Gasteiger partial charge in [0.1, 0.15) is 5.60 Å². The van der Waals surface area contributed by atoms with E-state index in [1.807, 2.05) is 0 Å². The van der Waals surface area contributed by atoms with Gasteiger partial charge in [0, 0.05) is 13.3 Å². The SMILES string of the molecule is COC(O)c1cc(/C=C/C(C)=O)cn1C(=O)OC(C)(C)C. The number of allylic oxidation sites excluding steroid dienone is 1. The normalized spacial score (nSPS) is 13.4. The van der Waals surface area contributed by atoms with Gasteiger partial charge >= 0.3 is 6.09 Å². The number of ketones is 1. The highest BCUT2D eigenvalue weighted by molar-refractivity contribution is 5.91. The molecule has 1 unspecified atom stereocenters. The van der Waals surface area contributed by atoms with E-state index < -0.39 is 18.0 Å². The zero-order valence-electron chi connectivity index (χ0n) is 12.9. The number of hydrogen-bond donors (Lipinski definition) is 1. The topological polar surface area (TPSA) is 77.8 Å². The third-order valence-electron chi connectivity index (χ3n) is 2.45. The molecule has 21 heavy (non-hydrogen) atoms. The second-order valence-corrected chi connectivity index (χ2v) is 5.58. The Kier molecular flexibility index (Phi) is 5.46. The molecule has 0 bridgehead atoms. The zero-order valence-corrected chi connectivity index (χ0v) is 12.9. The first-order valence-corrected chi connectivity index (χ1v) is 6.49. The molecule has 1 aromatic rings. The number of methoxy groups -OCH3 is 1. The van der Waals surface area contributed by atoms with Gasteiger partial charge in [-0.15, -0.1) is 0 Å². The second-order valence-electron chi connectivity index (χ2n) is 5.58. The van der Waals surface area contributed by atoms with Crippen molar-refractivity contribution in [2.45, 2.75) is 39.6 Å². The first-order chi connectivity index (χ1) is 9.64. The Morgan fingerprint density at radius 2 is 2.00 bits per heavy atom. The Hall–Kier alpha value is -1.92. The van der Waals surface area contributed by atoms with Crippen molar-refractivity contribution >= 4 is 18.0 Å². The van der Waals surface area contributed by atoms with Crippen LogP contribution in [-0.2, 0) is 14.3 Å². The summed E-state index contributed by atoms with van der Waals surface area (Å²) in [6.07, 6.45) is 2.51. The summed E-state index contributed by atoms with van der Waals surface area (Å²) in [5, 5.41) is 9.81. The van der Waals surface area contributed by atoms with Crippen LogP contribution >= 0.6 is 0 Å². The van der Waals surface area contributed by atoms with Crippen LogP contribution in [0.2, 0.25) is 0 Å². The van der Waals surface area contributed by atoms with Crippen LogP contribution in [0.1, 0.15) is 45.2 Å². The lowest BCUT2D eigenvalue weighted by atomic mass is 10.2. The summed E-state index contributed by atoms with van der Waals surface area (Å²) in [6.45, 7) is 6.67. The summed E-state index contributed by atoms with van der Waals surface area (Å²) in [5.74, 6) is -0.117. The third kappa shape index (κ3) is 5.17. The molecule has 6 heteroatoms. The van der Waals surface area contributed by atoms with Crippen LogP contribution in [0.4, 0.5) is 4.79 Å². The first kappa shape index (κ1) is 17.1. The number of aromatic nitrogens is 1. The number of aliphatic hydroxyl groups is 1. The number of ether oxygens (including phenoxy) is 2. The highest BCUT2D eigenvalue weighted by Gasteiger charge is 2.23. The van der Waals surface area contributed by atoms with E-state index in [4.69, 9.17) is 9.47 Å². The van der Waals surface area contributed by atoms with E-state index in [1.54, 1.807) is 32.9 Å². The molecule has 0 aliphatic heterocycles. The highest BCUT2D eigenvalue weighted by Crippen LogP contribution is 2.20. The lowest BCUT2D eigenvalue weighted by Gasteiger charge is -2.21. The minimum Gasteiger partial charge on any atom is -0.443 e. The number of carbonyl (C=O) groups is 2. The van der Waals surface area contributed by atoms with Crippen molar-refractivity contribution in [1.82, 2.24) is 4.57 Å². The fourth-order valence-electron chi connectivity index (χ4n) is 1.59. The first-order valence-electron chi connectivity index (χ1n) is 6.49. The molecule has 0 radical (unpaired) electrons. The number of nitrogens with zero attached hydrogens (tertiary/aromatic N) is 1. The maximum absolute atomic E-state index is 12.1. The van der Waals surface area contributed by atoms with Crippen LogP contribution in [0.3, 0.4) is 0 Å². The van der Waals surface area contributed by atoms with Gasteiger partial charge in [0.05, 0.1) is 5.69 Å². The smallest absolute Gasteiger partial charge is 0.418 e. The van der Waals surface area contributed by atoms with Gasteiger partial charge in [-0.05, 0) is 51.5 Å². The zero-order chi connectivity index (χ0) is 16.2. The Morgan fingerprint density at radius 1 is 1.38 bits per heavy atom. The van der Waals surface area contributed by atoms with E-state index in [-0.39, 0.29) is 11.5 Å². The molecule has 1 rings (SSSR count). The van der Waals surface area contributed by atoms with Crippen molar-refractivity contribution in [3.8, 4) is 0 Å². The van der Waals surface area contributed by atoms with Gasteiger partial charge in [-0.2, -0.15) is 0 Å². The molecule has 0 saturated carbocycles. The van der Waals surface area contributed by atoms with Crippen LogP contribution in [0.5, 0.6) is 0 Å². The Balaban J connectivity index is 3.16. The van der Waals surface area contributed by atoms with E-state index in [0.29, 0.717) is 5.56 Å². The Labute approximate surface area is 124 Å². The maximum Gasteiger partial charge on any atom is 0.418 e. The van der Waals surface area contributed by atoms with Crippen LogP contribution in [0, 0.1) is 0 Å². The Morgan fingerprint density at radius 3 is 2.48 bits per heavy atom. The van der Waals surface area contributed by atoms with Gasteiger partial charge in [0.2, 0.25) is 0 Å². The van der Waals surface area contributed by atoms with Crippen molar-refractivity contribution in [3.05, 3.63) is 29.6 Å². The van der Waals surface area contributed by atoms with Crippen molar-refractivity contribution in [3.63, 3.8) is 0 Å². The molecule has 0 spiro atoms. The van der Waals surface area contributed by atoms with Gasteiger partial charge in [-0.3, -0.25) is 9.36 Å². The molecule has 0 aliphatic carbocycles. The fraction of sp³-hybridized carbons (Fsp3) is 0.467. The monoisotopic (exact) mass is 295 g/mol. The van der Waals surface area contributed by atoms with Gasteiger partial charge in [0.15, 0.2) is 12.1 Å². The second kappa shape index (κ2) is 6.69. The molecule has 6 nitrogen and oxygen atoms in total. The van der Waals surface area contributed by atoms with Crippen LogP contribution in [0.15, 0.2) is 18.3 Å².